The minimum absolute atomic E-state index is 0.0805. The molecule has 1 fully saturated rings. The number of morpholine rings is 1. The molecule has 6 nitrogen and oxygen atoms in total. The van der Waals surface area contributed by atoms with Crippen molar-refractivity contribution in [1.29, 1.82) is 0 Å². The van der Waals surface area contributed by atoms with Crippen LogP contribution in [0.15, 0.2) is 10.6 Å². The molecule has 0 aliphatic carbocycles. The van der Waals surface area contributed by atoms with Gasteiger partial charge < -0.3 is 19.5 Å². The minimum Gasteiger partial charge on any atom is -0.372 e. The molecule has 2 rings (SSSR count). The second-order valence-corrected chi connectivity index (χ2v) is 4.98. The molecule has 1 saturated heterocycles. The number of carbonyl (C=O) groups excluding carboxylic acids is 1. The van der Waals surface area contributed by atoms with E-state index in [0.717, 1.165) is 12.1 Å². The Labute approximate surface area is 113 Å². The molecule has 0 aromatic carbocycles. The Morgan fingerprint density at radius 1 is 1.58 bits per heavy atom. The quantitative estimate of drug-likeness (QED) is 0.905. The van der Waals surface area contributed by atoms with Crippen molar-refractivity contribution in [3.05, 3.63) is 17.5 Å². The lowest BCUT2D eigenvalue weighted by molar-refractivity contribution is -0.0646. The highest BCUT2D eigenvalue weighted by Gasteiger charge is 2.27. The van der Waals surface area contributed by atoms with Crippen LogP contribution in [-0.2, 0) is 11.3 Å². The molecule has 1 aromatic rings. The summed E-state index contributed by atoms with van der Waals surface area (Å²) >= 11 is 0. The lowest BCUT2D eigenvalue weighted by Gasteiger charge is -2.36. The Bertz CT molecular complexity index is 433. The van der Waals surface area contributed by atoms with Gasteiger partial charge in [0.1, 0.15) is 0 Å². The van der Waals surface area contributed by atoms with Gasteiger partial charge in [0.15, 0.2) is 5.76 Å². The molecule has 2 amide bonds. The molecule has 0 unspecified atom stereocenters. The third-order valence-corrected chi connectivity index (χ3v) is 3.16. The number of aryl methyl sites for hydroxylation is 1. The van der Waals surface area contributed by atoms with Gasteiger partial charge >= 0.3 is 6.03 Å². The fourth-order valence-electron chi connectivity index (χ4n) is 2.21. The number of hydrogen-bond donors (Lipinski definition) is 1. The Morgan fingerprint density at radius 2 is 2.37 bits per heavy atom. The summed E-state index contributed by atoms with van der Waals surface area (Å²) in [5, 5.41) is 6.63. The van der Waals surface area contributed by atoms with Crippen molar-refractivity contribution in [3.63, 3.8) is 0 Å². The third kappa shape index (κ3) is 3.70. The SMILES string of the molecule is CC[C@H]1CN(C(=O)NCc2cc(C)no2)C[C@H](C)O1. The van der Waals surface area contributed by atoms with Crippen LogP contribution in [0.3, 0.4) is 0 Å². The van der Waals surface area contributed by atoms with Gasteiger partial charge in [-0.2, -0.15) is 0 Å². The summed E-state index contributed by atoms with van der Waals surface area (Å²) in [6.07, 6.45) is 1.12. The Balaban J connectivity index is 1.85. The van der Waals surface area contributed by atoms with Gasteiger partial charge in [0.2, 0.25) is 0 Å². The molecule has 0 saturated carbocycles. The number of nitrogens with zero attached hydrogens (tertiary/aromatic N) is 2. The molecule has 0 spiro atoms. The number of ether oxygens (including phenoxy) is 1. The average molecular weight is 267 g/mol. The topological polar surface area (TPSA) is 67.6 Å². The zero-order valence-electron chi connectivity index (χ0n) is 11.7. The van der Waals surface area contributed by atoms with E-state index in [9.17, 15) is 4.79 Å². The van der Waals surface area contributed by atoms with Crippen molar-refractivity contribution in [2.45, 2.75) is 45.9 Å². The maximum absolute atomic E-state index is 12.1. The Hall–Kier alpha value is -1.56. The summed E-state index contributed by atoms with van der Waals surface area (Å²) in [5.41, 5.74) is 0.815. The monoisotopic (exact) mass is 267 g/mol. The lowest BCUT2D eigenvalue weighted by atomic mass is 10.2. The van der Waals surface area contributed by atoms with E-state index in [-0.39, 0.29) is 18.2 Å². The van der Waals surface area contributed by atoms with Crippen LogP contribution in [0.25, 0.3) is 0 Å². The van der Waals surface area contributed by atoms with Crippen molar-refractivity contribution in [1.82, 2.24) is 15.4 Å². The molecule has 106 valence electrons. The van der Waals surface area contributed by atoms with Gasteiger partial charge in [-0.1, -0.05) is 12.1 Å². The first-order valence-corrected chi connectivity index (χ1v) is 6.69. The first-order chi connectivity index (χ1) is 9.08. The van der Waals surface area contributed by atoms with Gasteiger partial charge in [-0.25, -0.2) is 4.79 Å². The Morgan fingerprint density at radius 3 is 3.00 bits per heavy atom. The molecule has 2 atom stereocenters. The van der Waals surface area contributed by atoms with Crippen LogP contribution in [0.5, 0.6) is 0 Å². The standard InChI is InChI=1S/C13H21N3O3/c1-4-11-8-16(7-10(3)18-11)13(17)14-6-12-5-9(2)15-19-12/h5,10-11H,4,6-8H2,1-3H3,(H,14,17)/t10-,11-/m0/s1. The van der Waals surface area contributed by atoms with Crippen LogP contribution in [0.1, 0.15) is 31.7 Å². The van der Waals surface area contributed by atoms with Crippen LogP contribution in [0.2, 0.25) is 0 Å². The summed E-state index contributed by atoms with van der Waals surface area (Å²) in [6.45, 7) is 7.53. The van der Waals surface area contributed by atoms with Gasteiger partial charge in [-0.05, 0) is 20.3 Å². The first-order valence-electron chi connectivity index (χ1n) is 6.69. The highest BCUT2D eigenvalue weighted by Crippen LogP contribution is 2.13. The van der Waals surface area contributed by atoms with Crippen LogP contribution >= 0.6 is 0 Å². The zero-order chi connectivity index (χ0) is 13.8. The summed E-state index contributed by atoms with van der Waals surface area (Å²) < 4.78 is 10.8. The summed E-state index contributed by atoms with van der Waals surface area (Å²) in [7, 11) is 0. The maximum atomic E-state index is 12.1. The number of rotatable bonds is 3. The largest absolute Gasteiger partial charge is 0.372 e. The van der Waals surface area contributed by atoms with E-state index in [1.54, 1.807) is 4.90 Å². The number of amides is 2. The fourth-order valence-corrected chi connectivity index (χ4v) is 2.21. The summed E-state index contributed by atoms with van der Waals surface area (Å²) in [5.74, 6) is 0.666. The van der Waals surface area contributed by atoms with Crippen molar-refractivity contribution in [2.24, 2.45) is 0 Å². The molecule has 1 aliphatic rings. The predicted octanol–water partition coefficient (Wildman–Crippen LogP) is 1.69. The van der Waals surface area contributed by atoms with Crippen LogP contribution in [-0.4, -0.2) is 41.4 Å². The second-order valence-electron chi connectivity index (χ2n) is 4.98. The number of hydrogen-bond acceptors (Lipinski definition) is 4. The molecular weight excluding hydrogens is 246 g/mol. The van der Waals surface area contributed by atoms with Crippen molar-refractivity contribution in [3.8, 4) is 0 Å². The summed E-state index contributed by atoms with van der Waals surface area (Å²) in [6, 6.07) is 1.74. The van der Waals surface area contributed by atoms with Crippen molar-refractivity contribution >= 4 is 6.03 Å². The van der Waals surface area contributed by atoms with Gasteiger partial charge in [0, 0.05) is 19.2 Å². The van der Waals surface area contributed by atoms with E-state index in [1.807, 2.05) is 19.9 Å². The van der Waals surface area contributed by atoms with E-state index < -0.39 is 0 Å². The third-order valence-electron chi connectivity index (χ3n) is 3.16. The molecular formula is C13H21N3O3. The second kappa shape index (κ2) is 6.06. The van der Waals surface area contributed by atoms with E-state index in [4.69, 9.17) is 9.26 Å². The van der Waals surface area contributed by atoms with E-state index in [0.29, 0.717) is 25.4 Å². The highest BCUT2D eigenvalue weighted by molar-refractivity contribution is 5.74. The van der Waals surface area contributed by atoms with Crippen molar-refractivity contribution < 1.29 is 14.1 Å². The predicted molar refractivity (Wildman–Crippen MR) is 69.7 cm³/mol. The molecule has 1 aromatic heterocycles. The smallest absolute Gasteiger partial charge is 0.317 e. The average Bonchev–Trinajstić information content (AvgIpc) is 2.81. The summed E-state index contributed by atoms with van der Waals surface area (Å²) in [4.78, 5) is 13.9. The molecule has 0 bridgehead atoms. The van der Waals surface area contributed by atoms with Gasteiger partial charge in [0.05, 0.1) is 24.4 Å². The minimum atomic E-state index is -0.0809. The molecule has 19 heavy (non-hydrogen) atoms. The first kappa shape index (κ1) is 13.9. The van der Waals surface area contributed by atoms with E-state index in [1.165, 1.54) is 0 Å². The number of nitrogens with one attached hydrogen (secondary N) is 1. The van der Waals surface area contributed by atoms with Crippen LogP contribution in [0, 0.1) is 6.92 Å². The van der Waals surface area contributed by atoms with Crippen LogP contribution < -0.4 is 5.32 Å². The van der Waals surface area contributed by atoms with E-state index in [2.05, 4.69) is 17.4 Å². The normalized spacial score (nSPS) is 23.4. The van der Waals surface area contributed by atoms with Gasteiger partial charge in [-0.15, -0.1) is 0 Å². The maximum Gasteiger partial charge on any atom is 0.317 e. The van der Waals surface area contributed by atoms with Crippen LogP contribution in [0.4, 0.5) is 4.79 Å². The zero-order valence-corrected chi connectivity index (χ0v) is 11.7. The molecule has 0 radical (unpaired) electrons. The van der Waals surface area contributed by atoms with Crippen molar-refractivity contribution in [2.75, 3.05) is 13.1 Å². The molecule has 6 heteroatoms. The van der Waals surface area contributed by atoms with Gasteiger partial charge in [-0.3, -0.25) is 0 Å². The van der Waals surface area contributed by atoms with E-state index >= 15 is 0 Å². The number of aromatic nitrogens is 1. The highest BCUT2D eigenvalue weighted by atomic mass is 16.5. The Kier molecular flexibility index (Phi) is 4.42. The number of carbonyl (C=O) groups is 1. The lowest BCUT2D eigenvalue weighted by Crippen LogP contribution is -2.52. The van der Waals surface area contributed by atoms with Gasteiger partial charge in [0.25, 0.3) is 0 Å². The fraction of sp³-hybridized carbons (Fsp3) is 0.692. The molecule has 1 aliphatic heterocycles. The molecule has 2 heterocycles. The number of urea groups is 1. The molecule has 1 N–H and O–H groups in total.